The molecule has 1 aromatic carbocycles. The molecule has 1 aromatic heterocycles. The van der Waals surface area contributed by atoms with Crippen molar-refractivity contribution in [1.29, 1.82) is 0 Å². The van der Waals surface area contributed by atoms with E-state index in [2.05, 4.69) is 16.9 Å². The van der Waals surface area contributed by atoms with Crippen molar-refractivity contribution >= 4 is 11.6 Å². The van der Waals surface area contributed by atoms with Gasteiger partial charge in [-0.05, 0) is 12.1 Å². The van der Waals surface area contributed by atoms with Crippen molar-refractivity contribution in [3.05, 3.63) is 55.1 Å². The maximum Gasteiger partial charge on any atom is 0.244 e. The zero-order chi connectivity index (χ0) is 15.1. The molecule has 1 heterocycles. The van der Waals surface area contributed by atoms with E-state index in [-0.39, 0.29) is 12.5 Å². The van der Waals surface area contributed by atoms with E-state index in [0.29, 0.717) is 18.0 Å². The summed E-state index contributed by atoms with van der Waals surface area (Å²) < 4.78 is 7.35. The van der Waals surface area contributed by atoms with E-state index in [0.717, 1.165) is 12.2 Å². The number of para-hydroxylation sites is 2. The standard InChI is InChI=1S/C16H19N3O2/c1-3-11-21-14-8-6-5-7-13(14)18-16(20)12-19-10-9-17-15(19)4-2/h3,5-10H,1,4,11-12H2,2H3,(H,18,20). The van der Waals surface area contributed by atoms with Crippen LogP contribution in [0.1, 0.15) is 12.7 Å². The van der Waals surface area contributed by atoms with Crippen molar-refractivity contribution in [2.45, 2.75) is 19.9 Å². The van der Waals surface area contributed by atoms with E-state index in [1.807, 2.05) is 35.8 Å². The smallest absolute Gasteiger partial charge is 0.244 e. The summed E-state index contributed by atoms with van der Waals surface area (Å²) >= 11 is 0. The molecule has 110 valence electrons. The van der Waals surface area contributed by atoms with Crippen LogP contribution in [0.5, 0.6) is 5.75 Å². The molecule has 0 aliphatic rings. The van der Waals surface area contributed by atoms with Crippen molar-refractivity contribution in [2.24, 2.45) is 0 Å². The maximum absolute atomic E-state index is 12.1. The quantitative estimate of drug-likeness (QED) is 0.796. The van der Waals surface area contributed by atoms with E-state index in [9.17, 15) is 4.79 Å². The molecule has 0 aliphatic heterocycles. The van der Waals surface area contributed by atoms with Gasteiger partial charge in [-0.2, -0.15) is 0 Å². The Bertz CT molecular complexity index is 619. The van der Waals surface area contributed by atoms with Gasteiger partial charge in [0, 0.05) is 18.8 Å². The van der Waals surface area contributed by atoms with Gasteiger partial charge in [0.05, 0.1) is 5.69 Å². The molecule has 5 nitrogen and oxygen atoms in total. The molecule has 1 amide bonds. The molecule has 21 heavy (non-hydrogen) atoms. The maximum atomic E-state index is 12.1. The Morgan fingerprint density at radius 2 is 2.29 bits per heavy atom. The Labute approximate surface area is 124 Å². The summed E-state index contributed by atoms with van der Waals surface area (Å²) in [4.78, 5) is 16.3. The first kappa shape index (κ1) is 14.8. The molecular formula is C16H19N3O2. The number of nitrogens with zero attached hydrogens (tertiary/aromatic N) is 2. The van der Waals surface area contributed by atoms with Crippen LogP contribution in [-0.2, 0) is 17.8 Å². The molecule has 0 aliphatic carbocycles. The fraction of sp³-hybridized carbons (Fsp3) is 0.250. The second kappa shape index (κ2) is 7.28. The van der Waals surface area contributed by atoms with Gasteiger partial charge in [-0.1, -0.05) is 31.7 Å². The predicted octanol–water partition coefficient (Wildman–Crippen LogP) is 2.65. The van der Waals surface area contributed by atoms with E-state index in [1.54, 1.807) is 18.5 Å². The van der Waals surface area contributed by atoms with Gasteiger partial charge in [0.1, 0.15) is 24.7 Å². The van der Waals surface area contributed by atoms with Gasteiger partial charge >= 0.3 is 0 Å². The summed E-state index contributed by atoms with van der Waals surface area (Å²) in [6, 6.07) is 7.34. The molecule has 0 saturated heterocycles. The van der Waals surface area contributed by atoms with Crippen LogP contribution in [0.3, 0.4) is 0 Å². The van der Waals surface area contributed by atoms with E-state index in [4.69, 9.17) is 4.74 Å². The minimum atomic E-state index is -0.114. The predicted molar refractivity (Wildman–Crippen MR) is 82.4 cm³/mol. The molecule has 0 unspecified atom stereocenters. The van der Waals surface area contributed by atoms with Crippen molar-refractivity contribution in [3.8, 4) is 5.75 Å². The van der Waals surface area contributed by atoms with Crippen molar-refractivity contribution in [2.75, 3.05) is 11.9 Å². The van der Waals surface area contributed by atoms with Gasteiger partial charge in [0.15, 0.2) is 0 Å². The molecule has 0 saturated carbocycles. The van der Waals surface area contributed by atoms with Crippen molar-refractivity contribution in [1.82, 2.24) is 9.55 Å². The average molecular weight is 285 g/mol. The zero-order valence-corrected chi connectivity index (χ0v) is 12.1. The van der Waals surface area contributed by atoms with Gasteiger partial charge in [-0.15, -0.1) is 0 Å². The van der Waals surface area contributed by atoms with E-state index < -0.39 is 0 Å². The number of aromatic nitrogens is 2. The molecule has 1 N–H and O–H groups in total. The average Bonchev–Trinajstić information content (AvgIpc) is 2.93. The first-order chi connectivity index (χ1) is 10.2. The third kappa shape index (κ3) is 3.95. The fourth-order valence-electron chi connectivity index (χ4n) is 1.99. The number of amides is 1. The lowest BCUT2D eigenvalue weighted by molar-refractivity contribution is -0.116. The van der Waals surface area contributed by atoms with Crippen molar-refractivity contribution in [3.63, 3.8) is 0 Å². The number of carbonyl (C=O) groups excluding carboxylic acids is 1. The minimum Gasteiger partial charge on any atom is -0.487 e. The highest BCUT2D eigenvalue weighted by Crippen LogP contribution is 2.23. The third-order valence-electron chi connectivity index (χ3n) is 2.95. The summed E-state index contributed by atoms with van der Waals surface area (Å²) in [6.45, 7) is 6.25. The first-order valence-corrected chi connectivity index (χ1v) is 6.87. The monoisotopic (exact) mass is 285 g/mol. The topological polar surface area (TPSA) is 56.1 Å². The SMILES string of the molecule is C=CCOc1ccccc1NC(=O)Cn1ccnc1CC. The minimum absolute atomic E-state index is 0.114. The highest BCUT2D eigenvalue weighted by atomic mass is 16.5. The summed E-state index contributed by atoms with van der Waals surface area (Å²) in [5.41, 5.74) is 0.655. The lowest BCUT2D eigenvalue weighted by Crippen LogP contribution is -2.20. The number of imidazole rings is 1. The van der Waals surface area contributed by atoms with E-state index >= 15 is 0 Å². The van der Waals surface area contributed by atoms with Crippen molar-refractivity contribution < 1.29 is 9.53 Å². The summed E-state index contributed by atoms with van der Waals surface area (Å²) in [5, 5.41) is 2.86. The van der Waals surface area contributed by atoms with Gasteiger partial charge < -0.3 is 14.6 Å². The van der Waals surface area contributed by atoms with Crippen LogP contribution >= 0.6 is 0 Å². The normalized spacial score (nSPS) is 10.1. The molecule has 0 bridgehead atoms. The lowest BCUT2D eigenvalue weighted by Gasteiger charge is -2.12. The van der Waals surface area contributed by atoms with Crippen LogP contribution in [0.25, 0.3) is 0 Å². The number of rotatable bonds is 7. The third-order valence-corrected chi connectivity index (χ3v) is 2.95. The molecule has 0 radical (unpaired) electrons. The Kier molecular flexibility index (Phi) is 5.15. The van der Waals surface area contributed by atoms with Crippen LogP contribution < -0.4 is 10.1 Å². The second-order valence-electron chi connectivity index (χ2n) is 4.47. The molecule has 0 fully saturated rings. The first-order valence-electron chi connectivity index (χ1n) is 6.87. The highest BCUT2D eigenvalue weighted by molar-refractivity contribution is 5.92. The van der Waals surface area contributed by atoms with Crippen LogP contribution in [0.4, 0.5) is 5.69 Å². The van der Waals surface area contributed by atoms with Gasteiger partial charge in [-0.3, -0.25) is 4.79 Å². The molecule has 0 spiro atoms. The molecule has 5 heteroatoms. The number of nitrogens with one attached hydrogen (secondary N) is 1. The van der Waals surface area contributed by atoms with E-state index in [1.165, 1.54) is 0 Å². The molecule has 2 aromatic rings. The lowest BCUT2D eigenvalue weighted by atomic mass is 10.3. The number of benzene rings is 1. The molecule has 2 rings (SSSR count). The zero-order valence-electron chi connectivity index (χ0n) is 12.1. The van der Waals surface area contributed by atoms with Crippen LogP contribution in [-0.4, -0.2) is 22.1 Å². The Hall–Kier alpha value is -2.56. The number of carbonyl (C=O) groups is 1. The Morgan fingerprint density at radius 1 is 1.48 bits per heavy atom. The number of aryl methyl sites for hydroxylation is 1. The largest absolute Gasteiger partial charge is 0.487 e. The second-order valence-corrected chi connectivity index (χ2v) is 4.47. The van der Waals surface area contributed by atoms with Gasteiger partial charge in [0.2, 0.25) is 5.91 Å². The molecule has 0 atom stereocenters. The highest BCUT2D eigenvalue weighted by Gasteiger charge is 2.09. The van der Waals surface area contributed by atoms with Crippen LogP contribution in [0.2, 0.25) is 0 Å². The van der Waals surface area contributed by atoms with Gasteiger partial charge in [-0.25, -0.2) is 4.98 Å². The van der Waals surface area contributed by atoms with Gasteiger partial charge in [0.25, 0.3) is 0 Å². The van der Waals surface area contributed by atoms with Crippen LogP contribution in [0, 0.1) is 0 Å². The van der Waals surface area contributed by atoms with Crippen LogP contribution in [0.15, 0.2) is 49.3 Å². The summed E-state index contributed by atoms with van der Waals surface area (Å²) in [7, 11) is 0. The Morgan fingerprint density at radius 3 is 3.05 bits per heavy atom. The molecular weight excluding hydrogens is 266 g/mol. The number of hydrogen-bond acceptors (Lipinski definition) is 3. The summed E-state index contributed by atoms with van der Waals surface area (Å²) in [6.07, 6.45) is 5.96. The fourth-order valence-corrected chi connectivity index (χ4v) is 1.99. The number of hydrogen-bond donors (Lipinski definition) is 1. The summed E-state index contributed by atoms with van der Waals surface area (Å²) in [5.74, 6) is 1.41. The number of anilines is 1. The number of ether oxygens (including phenoxy) is 1. The Balaban J connectivity index is 2.04.